The van der Waals surface area contributed by atoms with E-state index in [4.69, 9.17) is 4.74 Å². The van der Waals surface area contributed by atoms with Crippen LogP contribution in [0.1, 0.15) is 43.0 Å². The summed E-state index contributed by atoms with van der Waals surface area (Å²) in [7, 11) is -3.43. The molecule has 144 valence electrons. The van der Waals surface area contributed by atoms with Crippen LogP contribution in [-0.2, 0) is 14.8 Å². The second-order valence-electron chi connectivity index (χ2n) is 7.05. The van der Waals surface area contributed by atoms with E-state index in [1.165, 1.54) is 4.31 Å². The van der Waals surface area contributed by atoms with Crippen molar-refractivity contribution in [3.05, 3.63) is 29.8 Å². The van der Waals surface area contributed by atoms with Gasteiger partial charge in [0.2, 0.25) is 10.0 Å². The van der Waals surface area contributed by atoms with Crippen molar-refractivity contribution in [1.29, 1.82) is 0 Å². The quantitative estimate of drug-likeness (QED) is 0.760. The van der Waals surface area contributed by atoms with Crippen LogP contribution in [0.25, 0.3) is 0 Å². The van der Waals surface area contributed by atoms with Crippen molar-refractivity contribution in [3.63, 3.8) is 0 Å². The molecule has 0 bridgehead atoms. The molecule has 2 heterocycles. The standard InChI is InChI=1S/C19H28N2O4S/c1-2-25-15-16-6-5-11-20(14-16)19(22)17-7-9-18(10-8-17)26(23,24)21-12-3-4-13-21/h7-10,16H,2-6,11-15H2,1H3. The number of carbonyl (C=O) groups excluding carboxylic acids is 1. The predicted molar refractivity (Wildman–Crippen MR) is 99.6 cm³/mol. The van der Waals surface area contributed by atoms with Gasteiger partial charge in [0.1, 0.15) is 0 Å². The number of likely N-dealkylation sites (tertiary alicyclic amines) is 1. The van der Waals surface area contributed by atoms with Crippen LogP contribution in [0.15, 0.2) is 29.2 Å². The van der Waals surface area contributed by atoms with Gasteiger partial charge in [0.05, 0.1) is 11.5 Å². The molecule has 1 unspecified atom stereocenters. The minimum Gasteiger partial charge on any atom is -0.381 e. The van der Waals surface area contributed by atoms with Gasteiger partial charge in [-0.2, -0.15) is 4.31 Å². The number of sulfonamides is 1. The van der Waals surface area contributed by atoms with E-state index in [0.29, 0.717) is 44.3 Å². The lowest BCUT2D eigenvalue weighted by atomic mass is 9.98. The molecule has 2 aliphatic rings. The Labute approximate surface area is 156 Å². The Morgan fingerprint density at radius 3 is 2.46 bits per heavy atom. The highest BCUT2D eigenvalue weighted by molar-refractivity contribution is 7.89. The van der Waals surface area contributed by atoms with Crippen molar-refractivity contribution in [2.24, 2.45) is 5.92 Å². The molecule has 0 saturated carbocycles. The largest absolute Gasteiger partial charge is 0.381 e. The molecule has 6 nitrogen and oxygen atoms in total. The predicted octanol–water partition coefficient (Wildman–Crippen LogP) is 2.36. The third-order valence-electron chi connectivity index (χ3n) is 5.17. The smallest absolute Gasteiger partial charge is 0.253 e. The maximum absolute atomic E-state index is 12.8. The molecule has 2 aliphatic heterocycles. The normalized spacial score (nSPS) is 21.9. The third kappa shape index (κ3) is 4.27. The highest BCUT2D eigenvalue weighted by Gasteiger charge is 2.28. The van der Waals surface area contributed by atoms with Gasteiger partial charge < -0.3 is 9.64 Å². The van der Waals surface area contributed by atoms with E-state index < -0.39 is 10.0 Å². The van der Waals surface area contributed by atoms with Gasteiger partial charge in [0.15, 0.2) is 0 Å². The molecule has 26 heavy (non-hydrogen) atoms. The Kier molecular flexibility index (Phi) is 6.32. The first-order valence-corrected chi connectivity index (χ1v) is 10.9. The molecule has 0 spiro atoms. The molecule has 1 aromatic carbocycles. The van der Waals surface area contributed by atoms with Crippen LogP contribution in [0.5, 0.6) is 0 Å². The van der Waals surface area contributed by atoms with Gasteiger partial charge >= 0.3 is 0 Å². The van der Waals surface area contributed by atoms with Gasteiger partial charge in [-0.15, -0.1) is 0 Å². The number of nitrogens with zero attached hydrogens (tertiary/aromatic N) is 2. The molecule has 0 aliphatic carbocycles. The molecule has 1 atom stereocenters. The first-order chi connectivity index (χ1) is 12.5. The van der Waals surface area contributed by atoms with Gasteiger partial charge in [-0.3, -0.25) is 4.79 Å². The average molecular weight is 381 g/mol. The van der Waals surface area contributed by atoms with Crippen LogP contribution in [0, 0.1) is 5.92 Å². The number of hydrogen-bond donors (Lipinski definition) is 0. The Bertz CT molecular complexity index is 712. The van der Waals surface area contributed by atoms with Crippen LogP contribution >= 0.6 is 0 Å². The van der Waals surface area contributed by atoms with Crippen molar-refractivity contribution in [2.45, 2.75) is 37.5 Å². The minimum absolute atomic E-state index is 0.0312. The topological polar surface area (TPSA) is 66.9 Å². The zero-order chi connectivity index (χ0) is 18.6. The number of rotatable bonds is 6. The van der Waals surface area contributed by atoms with Crippen LogP contribution in [0.2, 0.25) is 0 Å². The summed E-state index contributed by atoms with van der Waals surface area (Å²) in [6, 6.07) is 6.39. The summed E-state index contributed by atoms with van der Waals surface area (Å²) in [5.41, 5.74) is 0.544. The molecule has 1 amide bonds. The SMILES string of the molecule is CCOCC1CCCN(C(=O)c2ccc(S(=O)(=O)N3CCCC3)cc2)C1. The molecule has 2 fully saturated rings. The van der Waals surface area contributed by atoms with E-state index in [1.54, 1.807) is 24.3 Å². The molecule has 0 radical (unpaired) electrons. The van der Waals surface area contributed by atoms with Crippen molar-refractivity contribution in [2.75, 3.05) is 39.4 Å². The van der Waals surface area contributed by atoms with Crippen molar-refractivity contribution >= 4 is 15.9 Å². The number of hydrogen-bond acceptors (Lipinski definition) is 4. The fraction of sp³-hybridized carbons (Fsp3) is 0.632. The van der Waals surface area contributed by atoms with E-state index in [2.05, 4.69) is 0 Å². The summed E-state index contributed by atoms with van der Waals surface area (Å²) in [5, 5.41) is 0. The Morgan fingerprint density at radius 1 is 1.12 bits per heavy atom. The number of benzene rings is 1. The molecule has 0 aromatic heterocycles. The second-order valence-corrected chi connectivity index (χ2v) is 8.99. The van der Waals surface area contributed by atoms with Gasteiger partial charge in [-0.25, -0.2) is 8.42 Å². The van der Waals surface area contributed by atoms with Crippen LogP contribution in [0.3, 0.4) is 0 Å². The summed E-state index contributed by atoms with van der Waals surface area (Å²) >= 11 is 0. The summed E-state index contributed by atoms with van der Waals surface area (Å²) in [4.78, 5) is 14.9. The average Bonchev–Trinajstić information content (AvgIpc) is 3.22. The Hall–Kier alpha value is -1.44. The van der Waals surface area contributed by atoms with Crippen LogP contribution < -0.4 is 0 Å². The Morgan fingerprint density at radius 2 is 1.81 bits per heavy atom. The molecular weight excluding hydrogens is 352 g/mol. The van der Waals surface area contributed by atoms with E-state index in [0.717, 1.165) is 32.2 Å². The monoisotopic (exact) mass is 380 g/mol. The van der Waals surface area contributed by atoms with Gasteiger partial charge in [0.25, 0.3) is 5.91 Å². The number of ether oxygens (including phenoxy) is 1. The molecule has 3 rings (SSSR count). The van der Waals surface area contributed by atoms with Crippen molar-refractivity contribution in [1.82, 2.24) is 9.21 Å². The lowest BCUT2D eigenvalue weighted by Gasteiger charge is -2.32. The third-order valence-corrected chi connectivity index (χ3v) is 7.08. The summed E-state index contributed by atoms with van der Waals surface area (Å²) in [6.45, 7) is 5.96. The van der Waals surface area contributed by atoms with Crippen molar-refractivity contribution < 1.29 is 17.9 Å². The number of carbonyl (C=O) groups is 1. The molecular formula is C19H28N2O4S. The summed E-state index contributed by atoms with van der Waals surface area (Å²) < 4.78 is 32.2. The molecule has 1 aromatic rings. The van der Waals surface area contributed by atoms with E-state index in [1.807, 2.05) is 11.8 Å². The van der Waals surface area contributed by atoms with Gasteiger partial charge in [-0.1, -0.05) is 0 Å². The van der Waals surface area contributed by atoms with E-state index >= 15 is 0 Å². The van der Waals surface area contributed by atoms with Crippen LogP contribution in [0.4, 0.5) is 0 Å². The zero-order valence-corrected chi connectivity index (χ0v) is 16.2. The summed E-state index contributed by atoms with van der Waals surface area (Å²) in [6.07, 6.45) is 3.88. The Balaban J connectivity index is 1.67. The molecule has 7 heteroatoms. The first kappa shape index (κ1) is 19.3. The van der Waals surface area contributed by atoms with E-state index in [-0.39, 0.29) is 10.8 Å². The molecule has 2 saturated heterocycles. The lowest BCUT2D eigenvalue weighted by molar-refractivity contribution is 0.0501. The minimum atomic E-state index is -3.43. The fourth-order valence-corrected chi connectivity index (χ4v) is 5.22. The number of piperidine rings is 1. The molecule has 0 N–H and O–H groups in total. The van der Waals surface area contributed by atoms with Crippen LogP contribution in [-0.4, -0.2) is 62.9 Å². The summed E-state index contributed by atoms with van der Waals surface area (Å²) in [5.74, 6) is 0.346. The highest BCUT2D eigenvalue weighted by atomic mass is 32.2. The highest BCUT2D eigenvalue weighted by Crippen LogP contribution is 2.23. The maximum atomic E-state index is 12.8. The van der Waals surface area contributed by atoms with Gasteiger partial charge in [0, 0.05) is 38.3 Å². The lowest BCUT2D eigenvalue weighted by Crippen LogP contribution is -2.41. The maximum Gasteiger partial charge on any atom is 0.253 e. The van der Waals surface area contributed by atoms with Crippen molar-refractivity contribution in [3.8, 4) is 0 Å². The number of amides is 1. The zero-order valence-electron chi connectivity index (χ0n) is 15.4. The van der Waals surface area contributed by atoms with E-state index in [9.17, 15) is 13.2 Å². The second kappa shape index (κ2) is 8.50. The first-order valence-electron chi connectivity index (χ1n) is 9.49. The fourth-order valence-electron chi connectivity index (χ4n) is 3.70. The van der Waals surface area contributed by atoms with Gasteiger partial charge in [-0.05, 0) is 62.8 Å².